The average molecular weight is 417 g/mol. The molecule has 132 valence electrons. The molecule has 0 saturated heterocycles. The third-order valence-corrected chi connectivity index (χ3v) is 3.82. The maximum Gasteiger partial charge on any atom is 0.283 e. The van der Waals surface area contributed by atoms with Gasteiger partial charge < -0.3 is 19.8 Å². The van der Waals surface area contributed by atoms with E-state index in [1.807, 2.05) is 0 Å². The Balaban J connectivity index is 1.60. The minimum absolute atomic E-state index is 0.152. The van der Waals surface area contributed by atoms with Gasteiger partial charge in [-0.1, -0.05) is 15.9 Å². The summed E-state index contributed by atoms with van der Waals surface area (Å²) in [7, 11) is 0. The fourth-order valence-corrected chi connectivity index (χ4v) is 2.50. The molecule has 3 N–H and O–H groups in total. The molecule has 0 aliphatic rings. The van der Waals surface area contributed by atoms with E-state index in [-0.39, 0.29) is 18.1 Å². The monoisotopic (exact) mass is 416 g/mol. The highest BCUT2D eigenvalue weighted by molar-refractivity contribution is 9.10. The van der Waals surface area contributed by atoms with Crippen LogP contribution in [0, 0.1) is 0 Å². The first kappa shape index (κ1) is 17.6. The van der Waals surface area contributed by atoms with Crippen molar-refractivity contribution in [3.05, 3.63) is 52.9 Å². The van der Waals surface area contributed by atoms with Gasteiger partial charge in [0.05, 0.1) is 11.8 Å². The first-order valence-electron chi connectivity index (χ1n) is 7.47. The Hall–Kier alpha value is -3.20. The van der Waals surface area contributed by atoms with Crippen LogP contribution in [0.3, 0.4) is 0 Å². The van der Waals surface area contributed by atoms with Gasteiger partial charge >= 0.3 is 0 Å². The van der Waals surface area contributed by atoms with Gasteiger partial charge in [-0.2, -0.15) is 0 Å². The minimum atomic E-state index is -0.659. The highest BCUT2D eigenvalue weighted by Gasteiger charge is 2.11. The van der Waals surface area contributed by atoms with Crippen molar-refractivity contribution in [2.45, 2.75) is 0 Å². The number of fused-ring (bicyclic) bond motifs is 1. The van der Waals surface area contributed by atoms with Crippen molar-refractivity contribution >= 4 is 50.4 Å². The largest absolute Gasteiger partial charge is 0.493 e. The fraction of sp³-hybridized carbons (Fsp3) is 0.0588. The lowest BCUT2D eigenvalue weighted by Gasteiger charge is -1.97. The average Bonchev–Trinajstić information content (AvgIpc) is 3.23. The third kappa shape index (κ3) is 4.25. The van der Waals surface area contributed by atoms with Gasteiger partial charge in [-0.05, 0) is 36.4 Å². The van der Waals surface area contributed by atoms with Crippen LogP contribution in [-0.2, 0) is 9.59 Å². The second-order valence-corrected chi connectivity index (χ2v) is 6.09. The Labute approximate surface area is 155 Å². The highest BCUT2D eigenvalue weighted by atomic mass is 79.9. The molecule has 0 radical (unpaired) electrons. The molecular formula is C17H13BrN4O4. The summed E-state index contributed by atoms with van der Waals surface area (Å²) in [4.78, 5) is 26.1. The Morgan fingerprint density at radius 1 is 1.35 bits per heavy atom. The van der Waals surface area contributed by atoms with Gasteiger partial charge in [0, 0.05) is 15.9 Å². The zero-order valence-corrected chi connectivity index (χ0v) is 14.9. The number of halogens is 1. The highest BCUT2D eigenvalue weighted by Crippen LogP contribution is 2.36. The number of amides is 2. The number of H-pyrrole nitrogens is 1. The molecule has 3 rings (SSSR count). The zero-order valence-electron chi connectivity index (χ0n) is 13.3. The zero-order chi connectivity index (χ0) is 18.5. The number of aromatic nitrogens is 1. The number of hydrogen-bond donors (Lipinski definition) is 3. The van der Waals surface area contributed by atoms with Crippen molar-refractivity contribution in [3.8, 4) is 5.88 Å². The van der Waals surface area contributed by atoms with Crippen LogP contribution in [0.4, 0.5) is 5.69 Å². The number of nitrogens with zero attached hydrogens (tertiary/aromatic N) is 2. The van der Waals surface area contributed by atoms with Crippen molar-refractivity contribution in [1.29, 1.82) is 0 Å². The number of benzene rings is 1. The van der Waals surface area contributed by atoms with Crippen LogP contribution in [0.1, 0.15) is 5.76 Å². The summed E-state index contributed by atoms with van der Waals surface area (Å²) in [6.07, 6.45) is 4.20. The van der Waals surface area contributed by atoms with Crippen LogP contribution in [0.25, 0.3) is 17.0 Å². The molecule has 0 atom stereocenters. The van der Waals surface area contributed by atoms with E-state index >= 15 is 0 Å². The van der Waals surface area contributed by atoms with Crippen LogP contribution in [0.2, 0.25) is 0 Å². The van der Waals surface area contributed by atoms with Crippen LogP contribution in [-0.4, -0.2) is 28.4 Å². The summed E-state index contributed by atoms with van der Waals surface area (Å²) in [5.41, 5.74) is 0.808. The first-order chi connectivity index (χ1) is 12.5. The second kappa shape index (κ2) is 7.79. The van der Waals surface area contributed by atoms with Crippen molar-refractivity contribution in [3.63, 3.8) is 0 Å². The molecule has 0 bridgehead atoms. The lowest BCUT2D eigenvalue weighted by molar-refractivity contribution is -0.122. The normalized spacial score (nSPS) is 11.6. The number of rotatable bonds is 5. The molecule has 26 heavy (non-hydrogen) atoms. The molecule has 2 aromatic heterocycles. The van der Waals surface area contributed by atoms with Crippen molar-refractivity contribution in [2.75, 3.05) is 6.54 Å². The van der Waals surface area contributed by atoms with Crippen LogP contribution in [0.15, 0.2) is 61.8 Å². The molecule has 2 heterocycles. The Bertz CT molecular complexity index is 1010. The summed E-state index contributed by atoms with van der Waals surface area (Å²) in [5, 5.41) is 20.2. The molecule has 0 unspecified atom stereocenters. The molecule has 0 aliphatic heterocycles. The molecule has 0 aliphatic carbocycles. The standard InChI is InChI=1S/C17H13BrN4O4/c18-10-3-5-13-12(8-10)16(17(25)20-13)22-21-15(24)9-19-14(23)6-4-11-2-1-7-26-11/h1-8,20,25H,9H2,(H,19,23)/b6-4+,22-21?. The Morgan fingerprint density at radius 2 is 2.19 bits per heavy atom. The fourth-order valence-electron chi connectivity index (χ4n) is 2.14. The number of aromatic hydroxyl groups is 1. The summed E-state index contributed by atoms with van der Waals surface area (Å²) >= 11 is 3.33. The van der Waals surface area contributed by atoms with Crippen LogP contribution < -0.4 is 5.32 Å². The van der Waals surface area contributed by atoms with Gasteiger partial charge in [-0.25, -0.2) is 0 Å². The predicted octanol–water partition coefficient (Wildman–Crippen LogP) is 3.67. The van der Waals surface area contributed by atoms with Gasteiger partial charge in [-0.15, -0.1) is 10.2 Å². The molecule has 0 fully saturated rings. The number of hydrogen-bond acceptors (Lipinski definition) is 5. The van der Waals surface area contributed by atoms with Gasteiger partial charge in [-0.3, -0.25) is 9.59 Å². The van der Waals surface area contributed by atoms with Crippen molar-refractivity contribution in [2.24, 2.45) is 10.2 Å². The van der Waals surface area contributed by atoms with Crippen LogP contribution in [0.5, 0.6) is 5.88 Å². The number of carbonyl (C=O) groups is 2. The van der Waals surface area contributed by atoms with Gasteiger partial charge in [0.25, 0.3) is 5.91 Å². The summed E-state index contributed by atoms with van der Waals surface area (Å²) in [5.74, 6) is -0.801. The summed E-state index contributed by atoms with van der Waals surface area (Å²) in [6, 6.07) is 8.68. The van der Waals surface area contributed by atoms with Gasteiger partial charge in [0.15, 0.2) is 5.69 Å². The first-order valence-corrected chi connectivity index (χ1v) is 8.26. The maximum absolute atomic E-state index is 11.8. The minimum Gasteiger partial charge on any atom is -0.493 e. The SMILES string of the molecule is O=C(CNC(=O)/C=C/c1ccco1)N=Nc1c(O)[nH]c2ccc(Br)cc12. The third-order valence-electron chi connectivity index (χ3n) is 3.33. The van der Waals surface area contributed by atoms with E-state index in [0.717, 1.165) is 4.47 Å². The van der Waals surface area contributed by atoms with E-state index < -0.39 is 11.8 Å². The van der Waals surface area contributed by atoms with Crippen LogP contribution >= 0.6 is 15.9 Å². The van der Waals surface area contributed by atoms with E-state index in [9.17, 15) is 14.7 Å². The lowest BCUT2D eigenvalue weighted by Crippen LogP contribution is -2.26. The molecule has 0 spiro atoms. The molecule has 9 heteroatoms. The van der Waals surface area contributed by atoms with Gasteiger partial charge in [0.1, 0.15) is 12.3 Å². The predicted molar refractivity (Wildman–Crippen MR) is 97.9 cm³/mol. The second-order valence-electron chi connectivity index (χ2n) is 5.17. The van der Waals surface area contributed by atoms with Crippen molar-refractivity contribution in [1.82, 2.24) is 10.3 Å². The smallest absolute Gasteiger partial charge is 0.283 e. The molecule has 1 aromatic carbocycles. The van der Waals surface area contributed by atoms with E-state index in [2.05, 4.69) is 36.5 Å². The van der Waals surface area contributed by atoms with E-state index in [0.29, 0.717) is 16.7 Å². The number of furan rings is 1. The topological polar surface area (TPSA) is 120 Å². The number of aromatic amines is 1. The van der Waals surface area contributed by atoms with E-state index in [4.69, 9.17) is 4.42 Å². The molecule has 2 amide bonds. The molecule has 8 nitrogen and oxygen atoms in total. The molecule has 0 saturated carbocycles. The van der Waals surface area contributed by atoms with Crippen molar-refractivity contribution < 1.29 is 19.1 Å². The summed E-state index contributed by atoms with van der Waals surface area (Å²) < 4.78 is 5.84. The quantitative estimate of drug-likeness (QED) is 0.433. The van der Waals surface area contributed by atoms with E-state index in [1.165, 1.54) is 18.4 Å². The number of carbonyl (C=O) groups excluding carboxylic acids is 2. The lowest BCUT2D eigenvalue weighted by atomic mass is 10.2. The summed E-state index contributed by atoms with van der Waals surface area (Å²) in [6.45, 7) is -0.322. The molecule has 3 aromatic rings. The maximum atomic E-state index is 11.8. The van der Waals surface area contributed by atoms with E-state index in [1.54, 1.807) is 30.3 Å². The molecular weight excluding hydrogens is 404 g/mol. The Morgan fingerprint density at radius 3 is 2.96 bits per heavy atom. The number of nitrogens with one attached hydrogen (secondary N) is 2. The van der Waals surface area contributed by atoms with Gasteiger partial charge in [0.2, 0.25) is 11.8 Å². The Kier molecular flexibility index (Phi) is 5.28. The number of azo groups is 1.